The number of hydrogen-bond acceptors (Lipinski definition) is 4. The zero-order valence-corrected chi connectivity index (χ0v) is 32.9. The third-order valence-corrected chi connectivity index (χ3v) is 15.1. The quantitative estimate of drug-likeness (QED) is 0.158. The van der Waals surface area contributed by atoms with Gasteiger partial charge in [0, 0.05) is 0 Å². The molecule has 1 aliphatic rings. The van der Waals surface area contributed by atoms with E-state index in [0.29, 0.717) is 39.6 Å². The number of fused-ring (bicyclic) bond motifs is 3. The average molecular weight is 769 g/mol. The van der Waals surface area contributed by atoms with Crippen molar-refractivity contribution in [2.24, 2.45) is 0 Å². The maximum absolute atomic E-state index is 6.44. The lowest BCUT2D eigenvalue weighted by Gasteiger charge is -2.28. The minimum atomic E-state index is -0.996. The van der Waals surface area contributed by atoms with E-state index in [1.165, 1.54) is 43.0 Å². The normalized spacial score (nSPS) is 13.8. The molecule has 0 spiro atoms. The van der Waals surface area contributed by atoms with Gasteiger partial charge in [-0.15, -0.1) is 0 Å². The van der Waals surface area contributed by atoms with E-state index in [9.17, 15) is 0 Å². The fourth-order valence-electron chi connectivity index (χ4n) is 7.57. The Morgan fingerprint density at radius 2 is 0.643 bits per heavy atom. The maximum Gasteiger partial charge on any atom is 0.120 e. The third-order valence-electron chi connectivity index (χ3n) is 10.1. The van der Waals surface area contributed by atoms with Crippen LogP contribution in [0.5, 0.6) is 11.5 Å². The van der Waals surface area contributed by atoms with Crippen LogP contribution in [0.2, 0.25) is 0 Å². The molecule has 0 amide bonds. The number of hydrogen-bond donors (Lipinski definition) is 0. The number of ether oxygens (including phenoxy) is 4. The molecule has 6 heteroatoms. The molecule has 0 unspecified atom stereocenters. The average Bonchev–Trinajstić information content (AvgIpc) is 3.26. The molecule has 0 aliphatic carbocycles. The van der Waals surface area contributed by atoms with Crippen LogP contribution >= 0.6 is 15.8 Å². The summed E-state index contributed by atoms with van der Waals surface area (Å²) >= 11 is 0. The number of rotatable bonds is 6. The van der Waals surface area contributed by atoms with Crippen LogP contribution in [0.3, 0.4) is 0 Å². The summed E-state index contributed by atoms with van der Waals surface area (Å²) < 4.78 is 24.6. The first-order valence-corrected chi connectivity index (χ1v) is 21.9. The van der Waals surface area contributed by atoms with Crippen LogP contribution in [0.15, 0.2) is 182 Å². The minimum Gasteiger partial charge on any atom is -0.491 e. The van der Waals surface area contributed by atoms with Crippen molar-refractivity contribution in [3.8, 4) is 22.6 Å². The van der Waals surface area contributed by atoms with Gasteiger partial charge in [0.05, 0.1) is 26.4 Å². The van der Waals surface area contributed by atoms with Crippen LogP contribution in [-0.4, -0.2) is 39.6 Å². The summed E-state index contributed by atoms with van der Waals surface area (Å²) in [5.74, 6) is 1.64. The van der Waals surface area contributed by atoms with Crippen LogP contribution in [0.4, 0.5) is 0 Å². The molecule has 4 bridgehead atoms. The lowest BCUT2D eigenvalue weighted by Crippen LogP contribution is -2.26. The van der Waals surface area contributed by atoms with Crippen LogP contribution in [0, 0.1) is 0 Å². The molecule has 0 atom stereocenters. The summed E-state index contributed by atoms with van der Waals surface area (Å²) in [5.41, 5.74) is 2.45. The van der Waals surface area contributed by atoms with Crippen molar-refractivity contribution in [1.82, 2.24) is 0 Å². The van der Waals surface area contributed by atoms with E-state index in [1.54, 1.807) is 0 Å². The molecule has 0 saturated heterocycles. The summed E-state index contributed by atoms with van der Waals surface area (Å²) in [4.78, 5) is 0. The molecule has 0 radical (unpaired) electrons. The summed E-state index contributed by atoms with van der Waals surface area (Å²) in [7, 11) is -1.99. The molecule has 4 nitrogen and oxygen atoms in total. The molecule has 276 valence electrons. The smallest absolute Gasteiger partial charge is 0.120 e. The zero-order chi connectivity index (χ0) is 37.5. The van der Waals surface area contributed by atoms with Crippen molar-refractivity contribution in [3.05, 3.63) is 182 Å². The predicted octanol–water partition coefficient (Wildman–Crippen LogP) is 8.98. The second kappa shape index (κ2) is 17.2. The summed E-state index contributed by atoms with van der Waals surface area (Å²) in [6, 6.07) is 66.5. The van der Waals surface area contributed by atoms with Crippen LogP contribution < -0.4 is 41.3 Å². The topological polar surface area (TPSA) is 36.9 Å². The van der Waals surface area contributed by atoms with Crippen LogP contribution in [0.1, 0.15) is 0 Å². The molecule has 1 heterocycles. The lowest BCUT2D eigenvalue weighted by molar-refractivity contribution is 0.0274. The molecular formula is C50H42O4P2. The fraction of sp³-hybridized carbons (Fsp3) is 0.120. The van der Waals surface area contributed by atoms with Gasteiger partial charge in [-0.25, -0.2) is 0 Å². The molecule has 0 N–H and O–H groups in total. The highest BCUT2D eigenvalue weighted by molar-refractivity contribution is 7.80. The van der Waals surface area contributed by atoms with Crippen molar-refractivity contribution in [2.45, 2.75) is 0 Å². The van der Waals surface area contributed by atoms with Gasteiger partial charge < -0.3 is 18.9 Å². The molecule has 8 aromatic rings. The molecule has 9 rings (SSSR count). The van der Waals surface area contributed by atoms with Gasteiger partial charge >= 0.3 is 0 Å². The highest BCUT2D eigenvalue weighted by atomic mass is 31.1. The van der Waals surface area contributed by atoms with Crippen LogP contribution in [-0.2, 0) is 9.47 Å². The molecule has 0 fully saturated rings. The fourth-order valence-corrected chi connectivity index (χ4v) is 12.5. The van der Waals surface area contributed by atoms with E-state index in [-0.39, 0.29) is 0 Å². The standard InChI is InChI=1S/C50H42O4P2/c1-5-13-41(14-6-1)55(42-15-7-2-8-16-42)47-27-23-37-21-25-39-35-45(37)49(47)50-46-36-40(54-34-32-52-30-29-51-31-33-53-39)26-22-38(46)24-28-48(50)56(43-17-9-3-10-18-43)44-19-11-4-12-20-44/h1-28,35-36H,29-34H2. The molecule has 8 aromatic carbocycles. The maximum atomic E-state index is 6.44. The van der Waals surface area contributed by atoms with Crippen LogP contribution in [0.25, 0.3) is 32.7 Å². The van der Waals surface area contributed by atoms with Gasteiger partial charge in [-0.2, -0.15) is 0 Å². The third kappa shape index (κ3) is 7.72. The van der Waals surface area contributed by atoms with Crippen molar-refractivity contribution in [1.29, 1.82) is 0 Å². The first-order chi connectivity index (χ1) is 27.8. The van der Waals surface area contributed by atoms with Crippen molar-refractivity contribution in [3.63, 3.8) is 0 Å². The zero-order valence-electron chi connectivity index (χ0n) is 31.1. The van der Waals surface area contributed by atoms with Crippen molar-refractivity contribution >= 4 is 69.2 Å². The minimum absolute atomic E-state index is 0.445. The van der Waals surface area contributed by atoms with Gasteiger partial charge in [0.25, 0.3) is 0 Å². The molecule has 56 heavy (non-hydrogen) atoms. The summed E-state index contributed by atoms with van der Waals surface area (Å²) in [6.45, 7) is 2.85. The molecule has 0 saturated carbocycles. The number of benzene rings is 8. The van der Waals surface area contributed by atoms with E-state index < -0.39 is 15.8 Å². The Kier molecular flexibility index (Phi) is 11.2. The summed E-state index contributed by atoms with van der Waals surface area (Å²) in [6.07, 6.45) is 0. The van der Waals surface area contributed by atoms with Gasteiger partial charge in [0.1, 0.15) is 24.7 Å². The Bertz CT molecular complexity index is 2290. The Hall–Kier alpha value is -5.34. The SMILES string of the molecule is c1ccc(P(c2ccccc2)c2ccc3ccc4cc3c2-c2c(P(c3ccccc3)c3ccccc3)ccc3ccc(cc23)OCCOCCOCCO4)cc1. The van der Waals surface area contributed by atoms with Gasteiger partial charge in [-0.05, 0) is 105 Å². The van der Waals surface area contributed by atoms with Gasteiger partial charge in [0.15, 0.2) is 0 Å². The highest BCUT2D eigenvalue weighted by Crippen LogP contribution is 2.46. The monoisotopic (exact) mass is 768 g/mol. The molecule has 1 aliphatic heterocycles. The Morgan fingerprint density at radius 3 is 1.00 bits per heavy atom. The van der Waals surface area contributed by atoms with E-state index >= 15 is 0 Å². The Labute approximate surface area is 331 Å². The molecule has 0 aromatic heterocycles. The molecular weight excluding hydrogens is 726 g/mol. The van der Waals surface area contributed by atoms with Crippen molar-refractivity contribution < 1.29 is 18.9 Å². The first kappa shape index (κ1) is 36.3. The van der Waals surface area contributed by atoms with E-state index in [0.717, 1.165) is 33.0 Å². The Morgan fingerprint density at radius 1 is 0.321 bits per heavy atom. The van der Waals surface area contributed by atoms with E-state index in [4.69, 9.17) is 18.9 Å². The van der Waals surface area contributed by atoms with Gasteiger partial charge in [0.2, 0.25) is 0 Å². The van der Waals surface area contributed by atoms with Crippen molar-refractivity contribution in [2.75, 3.05) is 39.6 Å². The second-order valence-corrected chi connectivity index (χ2v) is 18.0. The first-order valence-electron chi connectivity index (χ1n) is 19.2. The predicted molar refractivity (Wildman–Crippen MR) is 237 cm³/mol. The van der Waals surface area contributed by atoms with E-state index in [1.807, 2.05) is 0 Å². The Balaban J connectivity index is 1.42. The second-order valence-electron chi connectivity index (χ2n) is 13.6. The van der Waals surface area contributed by atoms with E-state index in [2.05, 4.69) is 182 Å². The van der Waals surface area contributed by atoms with Gasteiger partial charge in [-0.1, -0.05) is 158 Å². The largest absolute Gasteiger partial charge is 0.491 e. The van der Waals surface area contributed by atoms with Gasteiger partial charge in [-0.3, -0.25) is 0 Å². The summed E-state index contributed by atoms with van der Waals surface area (Å²) in [5, 5.41) is 12.4. The lowest BCUT2D eigenvalue weighted by atomic mass is 9.93. The highest BCUT2D eigenvalue weighted by Gasteiger charge is 2.28.